The highest BCUT2D eigenvalue weighted by molar-refractivity contribution is 5.24. The van der Waals surface area contributed by atoms with Crippen LogP contribution in [0.3, 0.4) is 0 Å². The lowest BCUT2D eigenvalue weighted by molar-refractivity contribution is 0.153. The van der Waals surface area contributed by atoms with Crippen molar-refractivity contribution in [2.24, 2.45) is 5.92 Å². The van der Waals surface area contributed by atoms with Crippen LogP contribution in [-0.2, 0) is 12.8 Å². The first kappa shape index (κ1) is 9.71. The van der Waals surface area contributed by atoms with E-state index in [9.17, 15) is 5.21 Å². The largest absolute Gasteiger partial charge is 0.427 e. The van der Waals surface area contributed by atoms with E-state index >= 15 is 0 Å². The predicted octanol–water partition coefficient (Wildman–Crippen LogP) is 0.596. The summed E-state index contributed by atoms with van der Waals surface area (Å²) in [5, 5.41) is 25.9. The zero-order valence-corrected chi connectivity index (χ0v) is 8.49. The summed E-state index contributed by atoms with van der Waals surface area (Å²) in [6, 6.07) is 1.82. The molecule has 1 aromatic heterocycles. The molecule has 1 aliphatic rings. The van der Waals surface area contributed by atoms with Crippen molar-refractivity contribution in [1.82, 2.24) is 9.71 Å². The summed E-state index contributed by atoms with van der Waals surface area (Å²) in [6.45, 7) is 2.12. The number of nitriles is 1. The second-order valence-corrected chi connectivity index (χ2v) is 3.97. The summed E-state index contributed by atoms with van der Waals surface area (Å²) in [5.41, 5.74) is 1.21. The van der Waals surface area contributed by atoms with E-state index in [4.69, 9.17) is 10.7 Å². The molecule has 2 N–H and O–H groups in total. The van der Waals surface area contributed by atoms with E-state index in [0.29, 0.717) is 11.6 Å². The number of nitrogens with zero attached hydrogens (tertiary/aromatic N) is 3. The number of hydrogen-bond donors (Lipinski definition) is 2. The summed E-state index contributed by atoms with van der Waals surface area (Å²) >= 11 is 0. The van der Waals surface area contributed by atoms with E-state index in [-0.39, 0.29) is 11.2 Å². The second-order valence-electron chi connectivity index (χ2n) is 3.97. The van der Waals surface area contributed by atoms with Gasteiger partial charge in [0.05, 0.1) is 11.4 Å². The Hall–Kier alpha value is -1.83. The average molecular weight is 204 g/mol. The number of rotatable bonds is 0. The fraction of sp³-hybridized carbons (Fsp3) is 0.500. The topological polar surface area (TPSA) is 85.7 Å². The van der Waals surface area contributed by atoms with Gasteiger partial charge in [-0.05, 0) is 25.2 Å². The SMILES string of the molecule is C[C@H]1CCc2c(nc(C#N)c(=N)n2O)C1. The highest BCUT2D eigenvalue weighted by atomic mass is 16.5. The molecule has 0 radical (unpaired) electrons. The molecule has 0 saturated carbocycles. The Morgan fingerprint density at radius 2 is 2.40 bits per heavy atom. The Morgan fingerprint density at radius 1 is 1.67 bits per heavy atom. The van der Waals surface area contributed by atoms with Crippen LogP contribution in [0, 0.1) is 22.7 Å². The Labute approximate surface area is 87.1 Å². The maximum Gasteiger partial charge on any atom is 0.197 e. The molecule has 0 saturated heterocycles. The molecule has 0 aromatic carbocycles. The fourth-order valence-electron chi connectivity index (χ4n) is 1.92. The van der Waals surface area contributed by atoms with Crippen LogP contribution in [-0.4, -0.2) is 14.9 Å². The van der Waals surface area contributed by atoms with Crippen molar-refractivity contribution in [3.63, 3.8) is 0 Å². The molecule has 0 aliphatic heterocycles. The molecule has 78 valence electrons. The van der Waals surface area contributed by atoms with Crippen molar-refractivity contribution < 1.29 is 5.21 Å². The van der Waals surface area contributed by atoms with Crippen LogP contribution < -0.4 is 5.49 Å². The van der Waals surface area contributed by atoms with Crippen molar-refractivity contribution >= 4 is 0 Å². The van der Waals surface area contributed by atoms with Crippen molar-refractivity contribution in [2.45, 2.75) is 26.2 Å². The first-order valence-electron chi connectivity index (χ1n) is 4.92. The Bertz CT molecular complexity index is 497. The van der Waals surface area contributed by atoms with Gasteiger partial charge in [-0.15, -0.1) is 0 Å². The van der Waals surface area contributed by atoms with Gasteiger partial charge in [0, 0.05) is 0 Å². The molecule has 2 rings (SSSR count). The van der Waals surface area contributed by atoms with Crippen LogP contribution in [0.4, 0.5) is 0 Å². The van der Waals surface area contributed by atoms with Crippen LogP contribution in [0.2, 0.25) is 0 Å². The first-order chi connectivity index (χ1) is 7.13. The van der Waals surface area contributed by atoms with Gasteiger partial charge in [0.25, 0.3) is 0 Å². The molecule has 1 atom stereocenters. The molecular weight excluding hydrogens is 192 g/mol. The summed E-state index contributed by atoms with van der Waals surface area (Å²) in [6.07, 6.45) is 2.48. The van der Waals surface area contributed by atoms with Crippen LogP contribution in [0.5, 0.6) is 0 Å². The van der Waals surface area contributed by atoms with Crippen molar-refractivity contribution in [1.29, 1.82) is 10.7 Å². The van der Waals surface area contributed by atoms with E-state index < -0.39 is 0 Å². The van der Waals surface area contributed by atoms with E-state index in [1.807, 2.05) is 6.07 Å². The Kier molecular flexibility index (Phi) is 2.19. The molecule has 0 spiro atoms. The average Bonchev–Trinajstić information content (AvgIpc) is 2.23. The van der Waals surface area contributed by atoms with E-state index in [1.165, 1.54) is 0 Å². The number of nitrogens with one attached hydrogen (secondary N) is 1. The predicted molar refractivity (Wildman–Crippen MR) is 51.2 cm³/mol. The zero-order chi connectivity index (χ0) is 11.0. The van der Waals surface area contributed by atoms with Gasteiger partial charge in [-0.3, -0.25) is 5.41 Å². The lowest BCUT2D eigenvalue weighted by Gasteiger charge is -2.21. The molecule has 5 nitrogen and oxygen atoms in total. The summed E-state index contributed by atoms with van der Waals surface area (Å²) in [5.74, 6) is 0.521. The minimum atomic E-state index is -0.217. The highest BCUT2D eigenvalue weighted by Crippen LogP contribution is 2.22. The van der Waals surface area contributed by atoms with Gasteiger partial charge < -0.3 is 5.21 Å². The minimum Gasteiger partial charge on any atom is -0.427 e. The Morgan fingerprint density at radius 3 is 3.07 bits per heavy atom. The van der Waals surface area contributed by atoms with Crippen LogP contribution >= 0.6 is 0 Å². The van der Waals surface area contributed by atoms with Gasteiger partial charge in [0.15, 0.2) is 11.2 Å². The van der Waals surface area contributed by atoms with Gasteiger partial charge in [-0.1, -0.05) is 6.92 Å². The lowest BCUT2D eigenvalue weighted by atomic mass is 9.91. The van der Waals surface area contributed by atoms with Crippen molar-refractivity contribution in [2.75, 3.05) is 0 Å². The normalized spacial score (nSPS) is 19.3. The standard InChI is InChI=1S/C10H12N4O/c1-6-2-3-9-7(4-6)13-8(5-11)10(12)14(9)15/h6,12,15H,2-4H2,1H3/t6-/m0/s1. The minimum absolute atomic E-state index is 0.00894. The van der Waals surface area contributed by atoms with E-state index in [1.54, 1.807) is 0 Å². The monoisotopic (exact) mass is 204 g/mol. The summed E-state index contributed by atoms with van der Waals surface area (Å²) in [7, 11) is 0. The molecule has 0 amide bonds. The van der Waals surface area contributed by atoms with E-state index in [2.05, 4.69) is 11.9 Å². The molecule has 15 heavy (non-hydrogen) atoms. The van der Waals surface area contributed by atoms with E-state index in [0.717, 1.165) is 29.7 Å². The molecule has 0 fully saturated rings. The highest BCUT2D eigenvalue weighted by Gasteiger charge is 2.21. The summed E-state index contributed by atoms with van der Waals surface area (Å²) in [4.78, 5) is 4.11. The van der Waals surface area contributed by atoms with Crippen LogP contribution in [0.15, 0.2) is 0 Å². The molecule has 0 bridgehead atoms. The summed E-state index contributed by atoms with van der Waals surface area (Å²) < 4.78 is 0.798. The second kappa shape index (κ2) is 3.39. The number of fused-ring (bicyclic) bond motifs is 1. The third kappa shape index (κ3) is 1.48. The number of hydrogen-bond acceptors (Lipinski definition) is 4. The first-order valence-corrected chi connectivity index (χ1v) is 4.92. The fourth-order valence-corrected chi connectivity index (χ4v) is 1.92. The Balaban J connectivity index is 2.64. The molecule has 1 aromatic rings. The molecule has 1 heterocycles. The molecule has 1 aliphatic carbocycles. The maximum atomic E-state index is 9.68. The molecule has 5 heteroatoms. The van der Waals surface area contributed by atoms with Gasteiger partial charge >= 0.3 is 0 Å². The number of aromatic nitrogens is 2. The van der Waals surface area contributed by atoms with Crippen molar-refractivity contribution in [3.05, 3.63) is 22.6 Å². The van der Waals surface area contributed by atoms with Gasteiger partial charge in [0.2, 0.25) is 0 Å². The van der Waals surface area contributed by atoms with Gasteiger partial charge in [-0.25, -0.2) is 4.98 Å². The zero-order valence-electron chi connectivity index (χ0n) is 8.49. The smallest absolute Gasteiger partial charge is 0.197 e. The van der Waals surface area contributed by atoms with Gasteiger partial charge in [-0.2, -0.15) is 9.99 Å². The molecule has 0 unspecified atom stereocenters. The third-order valence-electron chi connectivity index (χ3n) is 2.79. The molecular formula is C10H12N4O. The van der Waals surface area contributed by atoms with Crippen LogP contribution in [0.25, 0.3) is 0 Å². The quantitative estimate of drug-likeness (QED) is 0.606. The van der Waals surface area contributed by atoms with Gasteiger partial charge in [0.1, 0.15) is 6.07 Å². The third-order valence-corrected chi connectivity index (χ3v) is 2.79. The van der Waals surface area contributed by atoms with Crippen molar-refractivity contribution in [3.8, 4) is 6.07 Å². The van der Waals surface area contributed by atoms with Crippen LogP contribution in [0.1, 0.15) is 30.4 Å². The maximum absolute atomic E-state index is 9.68. The lowest BCUT2D eigenvalue weighted by Crippen LogP contribution is -2.30.